The molecule has 0 aromatic heterocycles. The number of hydrogen-bond acceptors (Lipinski definition) is 1. The molecular weight excluding hydrogens is 122 g/mol. The molecule has 0 saturated carbocycles. The van der Waals surface area contributed by atoms with Gasteiger partial charge in [0, 0.05) is 18.3 Å². The summed E-state index contributed by atoms with van der Waals surface area (Å²) in [6.45, 7) is 9.72. The van der Waals surface area contributed by atoms with Gasteiger partial charge in [0.15, 0.2) is 0 Å². The molecule has 1 aliphatic heterocycles. The van der Waals surface area contributed by atoms with Crippen molar-refractivity contribution in [3.8, 4) is 0 Å². The van der Waals surface area contributed by atoms with Gasteiger partial charge in [-0.2, -0.15) is 0 Å². The van der Waals surface area contributed by atoms with Gasteiger partial charge in [-0.05, 0) is 26.2 Å². The molecule has 0 radical (unpaired) electrons. The summed E-state index contributed by atoms with van der Waals surface area (Å²) in [5.74, 6) is 0. The van der Waals surface area contributed by atoms with E-state index in [1.54, 1.807) is 0 Å². The summed E-state index contributed by atoms with van der Waals surface area (Å²) in [6.07, 6.45) is 3.80. The molecular formula is C9H17N. The van der Waals surface area contributed by atoms with Crippen molar-refractivity contribution in [2.45, 2.75) is 39.2 Å². The smallest absolute Gasteiger partial charge is 0.0259 e. The second kappa shape index (κ2) is 3.09. The Balaban J connectivity index is 2.46. The maximum Gasteiger partial charge on any atom is 0.0259 e. The molecule has 58 valence electrons. The van der Waals surface area contributed by atoms with Gasteiger partial charge in [0.2, 0.25) is 0 Å². The van der Waals surface area contributed by atoms with Gasteiger partial charge < -0.3 is 4.90 Å². The van der Waals surface area contributed by atoms with Crippen molar-refractivity contribution >= 4 is 0 Å². The molecule has 1 heterocycles. The maximum atomic E-state index is 4.03. The molecule has 1 atom stereocenters. The number of nitrogens with zero attached hydrogens (tertiary/aromatic N) is 1. The van der Waals surface area contributed by atoms with Crippen molar-refractivity contribution in [2.75, 3.05) is 6.54 Å². The lowest BCUT2D eigenvalue weighted by atomic mass is 10.2. The summed E-state index contributed by atoms with van der Waals surface area (Å²) in [4.78, 5) is 2.43. The third-order valence-corrected chi connectivity index (χ3v) is 2.37. The van der Waals surface area contributed by atoms with E-state index in [1.165, 1.54) is 25.1 Å². The van der Waals surface area contributed by atoms with Gasteiger partial charge in [0.25, 0.3) is 0 Å². The quantitative estimate of drug-likeness (QED) is 0.568. The Hall–Kier alpha value is -0.460. The molecule has 0 N–H and O–H groups in total. The van der Waals surface area contributed by atoms with Gasteiger partial charge in [-0.3, -0.25) is 0 Å². The highest BCUT2D eigenvalue weighted by Crippen LogP contribution is 2.21. The molecule has 1 saturated heterocycles. The second-order valence-electron chi connectivity index (χ2n) is 3.10. The van der Waals surface area contributed by atoms with Crippen LogP contribution in [0.5, 0.6) is 0 Å². The minimum atomic E-state index is 0.743. The fraction of sp³-hybridized carbons (Fsp3) is 0.778. The van der Waals surface area contributed by atoms with E-state index in [0.29, 0.717) is 0 Å². The van der Waals surface area contributed by atoms with E-state index >= 15 is 0 Å². The predicted octanol–water partition coefficient (Wildman–Crippen LogP) is 2.39. The summed E-state index contributed by atoms with van der Waals surface area (Å²) >= 11 is 0. The van der Waals surface area contributed by atoms with Crippen LogP contribution in [0.15, 0.2) is 12.3 Å². The van der Waals surface area contributed by atoms with Crippen LogP contribution in [-0.2, 0) is 0 Å². The second-order valence-corrected chi connectivity index (χ2v) is 3.10. The summed E-state index contributed by atoms with van der Waals surface area (Å²) in [5, 5.41) is 0. The lowest BCUT2D eigenvalue weighted by Gasteiger charge is -2.24. The summed E-state index contributed by atoms with van der Waals surface area (Å²) in [5.41, 5.74) is 1.31. The van der Waals surface area contributed by atoms with E-state index < -0.39 is 0 Å². The zero-order valence-electron chi connectivity index (χ0n) is 7.06. The van der Waals surface area contributed by atoms with E-state index in [1.807, 2.05) is 0 Å². The van der Waals surface area contributed by atoms with Crippen LogP contribution >= 0.6 is 0 Å². The van der Waals surface area contributed by atoms with Crippen LogP contribution < -0.4 is 0 Å². The lowest BCUT2D eigenvalue weighted by Crippen LogP contribution is -2.25. The van der Waals surface area contributed by atoms with Crippen LogP contribution in [-0.4, -0.2) is 17.5 Å². The Bertz CT molecular complexity index is 129. The molecule has 10 heavy (non-hydrogen) atoms. The van der Waals surface area contributed by atoms with Gasteiger partial charge >= 0.3 is 0 Å². The molecule has 0 amide bonds. The first kappa shape index (κ1) is 7.64. The third-order valence-electron chi connectivity index (χ3n) is 2.37. The summed E-state index contributed by atoms with van der Waals surface area (Å²) in [7, 11) is 0. The van der Waals surface area contributed by atoms with Crippen molar-refractivity contribution in [3.05, 3.63) is 12.3 Å². The Morgan fingerprint density at radius 1 is 1.70 bits per heavy atom. The molecule has 1 fully saturated rings. The highest BCUT2D eigenvalue weighted by molar-refractivity contribution is 4.97. The molecule has 0 aromatic rings. The average molecular weight is 139 g/mol. The summed E-state index contributed by atoms with van der Waals surface area (Å²) < 4.78 is 0. The highest BCUT2D eigenvalue weighted by Gasteiger charge is 2.19. The van der Waals surface area contributed by atoms with Gasteiger partial charge in [-0.1, -0.05) is 13.5 Å². The van der Waals surface area contributed by atoms with Crippen LogP contribution in [0.3, 0.4) is 0 Å². The third kappa shape index (κ3) is 1.34. The van der Waals surface area contributed by atoms with E-state index in [2.05, 4.69) is 25.3 Å². The largest absolute Gasteiger partial charge is 0.373 e. The molecule has 1 rings (SSSR count). The van der Waals surface area contributed by atoms with Crippen molar-refractivity contribution < 1.29 is 0 Å². The lowest BCUT2D eigenvalue weighted by molar-refractivity contribution is 0.332. The fourth-order valence-corrected chi connectivity index (χ4v) is 1.61. The average Bonchev–Trinajstić information content (AvgIpc) is 2.34. The molecule has 0 bridgehead atoms. The fourth-order valence-electron chi connectivity index (χ4n) is 1.61. The van der Waals surface area contributed by atoms with E-state index in [4.69, 9.17) is 0 Å². The van der Waals surface area contributed by atoms with Gasteiger partial charge in [-0.25, -0.2) is 0 Å². The Morgan fingerprint density at radius 3 is 2.80 bits per heavy atom. The Morgan fingerprint density at radius 2 is 2.40 bits per heavy atom. The topological polar surface area (TPSA) is 3.24 Å². The Labute approximate surface area is 63.7 Å². The highest BCUT2D eigenvalue weighted by atomic mass is 15.2. The first-order chi connectivity index (χ1) is 4.75. The van der Waals surface area contributed by atoms with Gasteiger partial charge in [0.05, 0.1) is 0 Å². The van der Waals surface area contributed by atoms with Crippen molar-refractivity contribution in [2.24, 2.45) is 0 Å². The van der Waals surface area contributed by atoms with E-state index in [0.717, 1.165) is 12.5 Å². The minimum absolute atomic E-state index is 0.743. The van der Waals surface area contributed by atoms with E-state index in [-0.39, 0.29) is 0 Å². The van der Waals surface area contributed by atoms with Crippen LogP contribution in [0.4, 0.5) is 0 Å². The van der Waals surface area contributed by atoms with Crippen LogP contribution in [0.1, 0.15) is 33.1 Å². The molecule has 1 aliphatic rings. The van der Waals surface area contributed by atoms with Crippen molar-refractivity contribution in [1.29, 1.82) is 0 Å². The number of likely N-dealkylation sites (tertiary alicyclic amines) is 1. The zero-order valence-corrected chi connectivity index (χ0v) is 7.06. The molecule has 0 spiro atoms. The first-order valence-electron chi connectivity index (χ1n) is 4.20. The first-order valence-corrected chi connectivity index (χ1v) is 4.20. The molecule has 1 nitrogen and oxygen atoms in total. The van der Waals surface area contributed by atoms with Crippen LogP contribution in [0.25, 0.3) is 0 Å². The van der Waals surface area contributed by atoms with Crippen molar-refractivity contribution in [1.82, 2.24) is 4.90 Å². The Kier molecular flexibility index (Phi) is 2.36. The number of hydrogen-bond donors (Lipinski definition) is 0. The van der Waals surface area contributed by atoms with Gasteiger partial charge in [-0.15, -0.1) is 0 Å². The maximum absolute atomic E-state index is 4.03. The minimum Gasteiger partial charge on any atom is -0.373 e. The monoisotopic (exact) mass is 139 g/mol. The normalized spacial score (nSPS) is 25.4. The van der Waals surface area contributed by atoms with Gasteiger partial charge in [0.1, 0.15) is 0 Å². The SMILES string of the molecule is C=C(CC)N1CCCC1C. The molecule has 1 heteroatoms. The predicted molar refractivity (Wildman–Crippen MR) is 44.8 cm³/mol. The van der Waals surface area contributed by atoms with Crippen LogP contribution in [0.2, 0.25) is 0 Å². The molecule has 0 aromatic carbocycles. The van der Waals surface area contributed by atoms with Crippen molar-refractivity contribution in [3.63, 3.8) is 0 Å². The molecule has 1 unspecified atom stereocenters. The zero-order chi connectivity index (χ0) is 7.56. The molecule has 0 aliphatic carbocycles. The van der Waals surface area contributed by atoms with Crippen LogP contribution in [0, 0.1) is 0 Å². The number of allylic oxidation sites excluding steroid dienone is 1. The number of rotatable bonds is 2. The standard InChI is InChI=1S/C9H17N/c1-4-8(2)10-7-5-6-9(10)3/h9H,2,4-7H2,1,3H3. The summed E-state index contributed by atoms with van der Waals surface area (Å²) in [6, 6.07) is 0.743. The van der Waals surface area contributed by atoms with E-state index in [9.17, 15) is 0 Å².